The Morgan fingerprint density at radius 3 is 3.07 bits per heavy atom. The van der Waals surface area contributed by atoms with Gasteiger partial charge in [-0.2, -0.15) is 5.10 Å². The molecule has 1 aliphatic carbocycles. The average Bonchev–Trinajstić information content (AvgIpc) is 2.69. The Balaban J connectivity index is 2.04. The quantitative estimate of drug-likeness (QED) is 0.729. The summed E-state index contributed by atoms with van der Waals surface area (Å²) in [4.78, 5) is 15.8. The Kier molecular flexibility index (Phi) is 2.61. The van der Waals surface area contributed by atoms with E-state index in [0.29, 0.717) is 11.7 Å². The van der Waals surface area contributed by atoms with Crippen LogP contribution < -0.4 is 0 Å². The number of ketones is 1. The molecule has 1 heterocycles. The van der Waals surface area contributed by atoms with Crippen molar-refractivity contribution in [2.24, 2.45) is 11.8 Å². The van der Waals surface area contributed by atoms with Crippen LogP contribution in [0.4, 0.5) is 0 Å². The first-order chi connectivity index (χ1) is 6.77. The van der Waals surface area contributed by atoms with Crippen LogP contribution in [0.1, 0.15) is 43.2 Å². The lowest BCUT2D eigenvalue weighted by Gasteiger charge is -2.24. The van der Waals surface area contributed by atoms with Crippen LogP contribution in [-0.4, -0.2) is 21.0 Å². The summed E-state index contributed by atoms with van der Waals surface area (Å²) in [5.74, 6) is 1.38. The molecule has 4 heteroatoms. The summed E-state index contributed by atoms with van der Waals surface area (Å²) in [5.41, 5.74) is 0. The van der Waals surface area contributed by atoms with Crippen molar-refractivity contribution in [3.8, 4) is 0 Å². The summed E-state index contributed by atoms with van der Waals surface area (Å²) in [5, 5.41) is 6.34. The van der Waals surface area contributed by atoms with Crippen molar-refractivity contribution in [1.82, 2.24) is 15.2 Å². The summed E-state index contributed by atoms with van der Waals surface area (Å²) in [6, 6.07) is 0. The Labute approximate surface area is 83.1 Å². The predicted octanol–water partition coefficient (Wildman–Crippen LogP) is 1.81. The van der Waals surface area contributed by atoms with Gasteiger partial charge in [0.15, 0.2) is 5.82 Å². The van der Waals surface area contributed by atoms with Gasteiger partial charge in [0.25, 0.3) is 0 Å². The normalized spacial score (nSPS) is 27.5. The summed E-state index contributed by atoms with van der Waals surface area (Å²) in [6.07, 6.45) is 5.80. The van der Waals surface area contributed by atoms with Crippen molar-refractivity contribution in [2.45, 2.75) is 32.6 Å². The van der Waals surface area contributed by atoms with E-state index in [0.717, 1.165) is 19.3 Å². The third kappa shape index (κ3) is 1.84. The smallest absolute Gasteiger partial charge is 0.202 e. The number of hydrogen-bond acceptors (Lipinski definition) is 3. The third-order valence-electron chi connectivity index (χ3n) is 2.96. The molecule has 0 aromatic carbocycles. The van der Waals surface area contributed by atoms with Gasteiger partial charge in [-0.3, -0.25) is 9.89 Å². The van der Waals surface area contributed by atoms with Crippen LogP contribution in [-0.2, 0) is 0 Å². The standard InChI is InChI=1S/C10H15N3O/c1-7-3-2-4-8(5-7)9(14)10-11-6-12-13-10/h6-8H,2-5H2,1H3,(H,11,12,13). The van der Waals surface area contributed by atoms with E-state index >= 15 is 0 Å². The van der Waals surface area contributed by atoms with E-state index in [2.05, 4.69) is 22.1 Å². The van der Waals surface area contributed by atoms with E-state index in [9.17, 15) is 4.79 Å². The van der Waals surface area contributed by atoms with Gasteiger partial charge in [0.05, 0.1) is 0 Å². The van der Waals surface area contributed by atoms with Crippen molar-refractivity contribution in [3.05, 3.63) is 12.2 Å². The number of aromatic nitrogens is 3. The first kappa shape index (κ1) is 9.37. The Hall–Kier alpha value is -1.19. The van der Waals surface area contributed by atoms with Crippen molar-refractivity contribution in [3.63, 3.8) is 0 Å². The number of hydrogen-bond donors (Lipinski definition) is 1. The van der Waals surface area contributed by atoms with Gasteiger partial charge in [-0.15, -0.1) is 0 Å². The van der Waals surface area contributed by atoms with Crippen LogP contribution in [0.25, 0.3) is 0 Å². The fourth-order valence-corrected chi connectivity index (χ4v) is 2.19. The first-order valence-electron chi connectivity index (χ1n) is 5.17. The van der Waals surface area contributed by atoms with Gasteiger partial charge < -0.3 is 0 Å². The second-order valence-electron chi connectivity index (χ2n) is 4.17. The molecule has 1 N–H and O–H groups in total. The second-order valence-corrected chi connectivity index (χ2v) is 4.17. The molecule has 1 aliphatic rings. The van der Waals surface area contributed by atoms with Crippen LogP contribution in [0.2, 0.25) is 0 Å². The summed E-state index contributed by atoms with van der Waals surface area (Å²) >= 11 is 0. The van der Waals surface area contributed by atoms with Crippen molar-refractivity contribution < 1.29 is 4.79 Å². The summed E-state index contributed by atoms with van der Waals surface area (Å²) in [7, 11) is 0. The highest BCUT2D eigenvalue weighted by Crippen LogP contribution is 2.30. The lowest BCUT2D eigenvalue weighted by molar-refractivity contribution is 0.0858. The van der Waals surface area contributed by atoms with Gasteiger partial charge in [0.1, 0.15) is 6.33 Å². The number of carbonyl (C=O) groups excluding carboxylic acids is 1. The van der Waals surface area contributed by atoms with Gasteiger partial charge in [-0.05, 0) is 18.8 Å². The molecule has 14 heavy (non-hydrogen) atoms. The number of nitrogens with zero attached hydrogens (tertiary/aromatic N) is 2. The predicted molar refractivity (Wildman–Crippen MR) is 51.8 cm³/mol. The number of rotatable bonds is 2. The number of carbonyl (C=O) groups is 1. The van der Waals surface area contributed by atoms with Gasteiger partial charge >= 0.3 is 0 Å². The molecular weight excluding hydrogens is 178 g/mol. The van der Waals surface area contributed by atoms with Crippen molar-refractivity contribution in [1.29, 1.82) is 0 Å². The maximum Gasteiger partial charge on any atom is 0.202 e. The van der Waals surface area contributed by atoms with Gasteiger partial charge in [0.2, 0.25) is 5.78 Å². The van der Waals surface area contributed by atoms with E-state index in [-0.39, 0.29) is 11.7 Å². The molecule has 4 nitrogen and oxygen atoms in total. The van der Waals surface area contributed by atoms with Crippen LogP contribution in [0.5, 0.6) is 0 Å². The minimum Gasteiger partial charge on any atom is -0.290 e. The minimum absolute atomic E-state index is 0.133. The van der Waals surface area contributed by atoms with Crippen molar-refractivity contribution in [2.75, 3.05) is 0 Å². The monoisotopic (exact) mass is 193 g/mol. The summed E-state index contributed by atoms with van der Waals surface area (Å²) in [6.45, 7) is 2.21. The molecule has 0 spiro atoms. The average molecular weight is 193 g/mol. The van der Waals surface area contributed by atoms with Crippen LogP contribution in [0.3, 0.4) is 0 Å². The maximum absolute atomic E-state index is 11.9. The zero-order valence-electron chi connectivity index (χ0n) is 8.36. The topological polar surface area (TPSA) is 58.6 Å². The molecule has 2 rings (SSSR count). The Morgan fingerprint density at radius 1 is 1.57 bits per heavy atom. The SMILES string of the molecule is CC1CCCC(C(=O)c2ncn[nH]2)C1. The lowest BCUT2D eigenvalue weighted by Crippen LogP contribution is -2.22. The molecule has 1 aromatic heterocycles. The second kappa shape index (κ2) is 3.90. The number of aromatic amines is 1. The molecule has 2 atom stereocenters. The molecule has 1 aromatic rings. The highest BCUT2D eigenvalue weighted by atomic mass is 16.1. The minimum atomic E-state index is 0.133. The maximum atomic E-state index is 11.9. The zero-order valence-corrected chi connectivity index (χ0v) is 8.36. The van der Waals surface area contributed by atoms with E-state index in [4.69, 9.17) is 0 Å². The molecule has 0 radical (unpaired) electrons. The van der Waals surface area contributed by atoms with E-state index in [1.165, 1.54) is 12.7 Å². The lowest BCUT2D eigenvalue weighted by atomic mass is 9.80. The van der Waals surface area contributed by atoms with E-state index in [1.54, 1.807) is 0 Å². The molecule has 76 valence electrons. The van der Waals surface area contributed by atoms with Gasteiger partial charge in [-0.25, -0.2) is 4.98 Å². The Bertz CT molecular complexity index is 307. The fourth-order valence-electron chi connectivity index (χ4n) is 2.19. The molecular formula is C10H15N3O. The van der Waals surface area contributed by atoms with E-state index < -0.39 is 0 Å². The van der Waals surface area contributed by atoms with Crippen LogP contribution in [0.15, 0.2) is 6.33 Å². The van der Waals surface area contributed by atoms with Crippen LogP contribution >= 0.6 is 0 Å². The van der Waals surface area contributed by atoms with Gasteiger partial charge in [0, 0.05) is 5.92 Å². The number of H-pyrrole nitrogens is 1. The highest BCUT2D eigenvalue weighted by Gasteiger charge is 2.27. The first-order valence-corrected chi connectivity index (χ1v) is 5.17. The Morgan fingerprint density at radius 2 is 2.43 bits per heavy atom. The molecule has 0 bridgehead atoms. The third-order valence-corrected chi connectivity index (χ3v) is 2.96. The van der Waals surface area contributed by atoms with Crippen molar-refractivity contribution >= 4 is 5.78 Å². The molecule has 1 fully saturated rings. The van der Waals surface area contributed by atoms with E-state index in [1.807, 2.05) is 0 Å². The fraction of sp³-hybridized carbons (Fsp3) is 0.700. The molecule has 0 saturated heterocycles. The highest BCUT2D eigenvalue weighted by molar-refractivity contribution is 5.94. The molecule has 0 aliphatic heterocycles. The van der Waals surface area contributed by atoms with Crippen LogP contribution in [0, 0.1) is 11.8 Å². The zero-order chi connectivity index (χ0) is 9.97. The molecule has 1 saturated carbocycles. The molecule has 0 amide bonds. The number of Topliss-reactive ketones (excluding diaryl/α,β-unsaturated/α-hetero) is 1. The van der Waals surface area contributed by atoms with Gasteiger partial charge in [-0.1, -0.05) is 19.8 Å². The largest absolute Gasteiger partial charge is 0.290 e. The number of nitrogens with one attached hydrogen (secondary N) is 1. The molecule has 2 unspecified atom stereocenters. The summed E-state index contributed by atoms with van der Waals surface area (Å²) < 4.78 is 0.